The number of nitrogens with zero attached hydrogens (tertiary/aromatic N) is 4. The Balaban J connectivity index is 1.38. The molecule has 0 aromatic heterocycles. The van der Waals surface area contributed by atoms with E-state index in [2.05, 4.69) is 22.0 Å². The molecule has 6 nitrogen and oxygen atoms in total. The second-order valence-corrected chi connectivity index (χ2v) is 8.81. The number of aliphatic hydroxyl groups is 1. The van der Waals surface area contributed by atoms with Crippen molar-refractivity contribution in [3.8, 4) is 0 Å². The van der Waals surface area contributed by atoms with Crippen LogP contribution in [0, 0.1) is 5.82 Å². The summed E-state index contributed by atoms with van der Waals surface area (Å²) in [4.78, 5) is 11.8. The topological polar surface area (TPSA) is 54.3 Å². The van der Waals surface area contributed by atoms with Crippen LogP contribution >= 0.6 is 0 Å². The smallest absolute Gasteiger partial charge is 0.194 e. The number of anilines is 1. The van der Waals surface area contributed by atoms with E-state index in [-0.39, 0.29) is 11.9 Å². The van der Waals surface area contributed by atoms with Crippen LogP contribution in [0.1, 0.15) is 44.6 Å². The van der Waals surface area contributed by atoms with Gasteiger partial charge in [-0.2, -0.15) is 0 Å². The Morgan fingerprint density at radius 1 is 1.13 bits per heavy atom. The molecule has 1 unspecified atom stereocenters. The number of likely N-dealkylation sites (tertiary alicyclic amines) is 2. The molecule has 3 aliphatic heterocycles. The van der Waals surface area contributed by atoms with Crippen LogP contribution in [0.3, 0.4) is 0 Å². The van der Waals surface area contributed by atoms with Gasteiger partial charge in [0.05, 0.1) is 18.3 Å². The van der Waals surface area contributed by atoms with Crippen molar-refractivity contribution >= 4 is 11.6 Å². The quantitative estimate of drug-likeness (QED) is 0.569. The second kappa shape index (κ2) is 9.96. The first kappa shape index (κ1) is 21.4. The highest BCUT2D eigenvalue weighted by Crippen LogP contribution is 2.25. The van der Waals surface area contributed by atoms with Crippen LogP contribution in [0.2, 0.25) is 0 Å². The Kier molecular flexibility index (Phi) is 7.10. The maximum Gasteiger partial charge on any atom is 0.194 e. The molecule has 1 aromatic carbocycles. The summed E-state index contributed by atoms with van der Waals surface area (Å²) in [6, 6.07) is 6.10. The van der Waals surface area contributed by atoms with Crippen LogP contribution in [0.5, 0.6) is 0 Å². The molecule has 4 rings (SSSR count). The molecule has 3 aliphatic rings. The van der Waals surface area contributed by atoms with Crippen molar-refractivity contribution < 1.29 is 9.50 Å². The number of nitrogens with one attached hydrogen (secondary N) is 1. The molecule has 1 aromatic rings. The Bertz CT molecular complexity index is 728. The molecule has 0 saturated carbocycles. The van der Waals surface area contributed by atoms with Gasteiger partial charge in [-0.1, -0.05) is 6.07 Å². The molecular weight excluding hydrogens is 381 g/mol. The summed E-state index contributed by atoms with van der Waals surface area (Å²) in [7, 11) is 0. The third-order valence-corrected chi connectivity index (χ3v) is 6.68. The van der Waals surface area contributed by atoms with E-state index < -0.39 is 0 Å². The molecule has 0 aliphatic carbocycles. The Morgan fingerprint density at radius 3 is 2.60 bits per heavy atom. The predicted octanol–water partition coefficient (Wildman–Crippen LogP) is 2.42. The molecule has 1 atom stereocenters. The van der Waals surface area contributed by atoms with Gasteiger partial charge in [-0.3, -0.25) is 4.90 Å². The van der Waals surface area contributed by atoms with Crippen molar-refractivity contribution in [3.63, 3.8) is 0 Å². The van der Waals surface area contributed by atoms with Gasteiger partial charge in [-0.15, -0.1) is 0 Å². The average Bonchev–Trinajstić information content (AvgIpc) is 3.44. The highest BCUT2D eigenvalue weighted by molar-refractivity contribution is 5.80. The largest absolute Gasteiger partial charge is 0.393 e. The lowest BCUT2D eigenvalue weighted by molar-refractivity contribution is 0.145. The molecule has 0 amide bonds. The monoisotopic (exact) mass is 417 g/mol. The number of piperidine rings is 1. The van der Waals surface area contributed by atoms with E-state index in [1.165, 1.54) is 32.4 Å². The summed E-state index contributed by atoms with van der Waals surface area (Å²) >= 11 is 0. The van der Waals surface area contributed by atoms with Gasteiger partial charge in [0.25, 0.3) is 0 Å². The number of hydrogen-bond acceptors (Lipinski definition) is 4. The van der Waals surface area contributed by atoms with Gasteiger partial charge >= 0.3 is 0 Å². The minimum atomic E-state index is -0.252. The van der Waals surface area contributed by atoms with E-state index in [1.54, 1.807) is 6.07 Å². The van der Waals surface area contributed by atoms with Crippen molar-refractivity contribution in [3.05, 3.63) is 29.6 Å². The standard InChI is InChI=1S/C23H36FN5O/c1-2-25-23(29-12-7-19(17-29)27-10-3-4-11-27)26-16-18-5-6-22(21(24)15-18)28-13-8-20(30)9-14-28/h5-6,15,19-20,30H,2-4,7-14,16-17H2,1H3,(H,25,26). The molecule has 166 valence electrons. The zero-order valence-corrected chi connectivity index (χ0v) is 18.2. The summed E-state index contributed by atoms with van der Waals surface area (Å²) in [6.45, 7) is 9.32. The van der Waals surface area contributed by atoms with Crippen molar-refractivity contribution in [2.24, 2.45) is 4.99 Å². The number of benzene rings is 1. The molecule has 2 N–H and O–H groups in total. The molecule has 3 heterocycles. The fourth-order valence-corrected chi connectivity index (χ4v) is 4.94. The number of hydrogen-bond donors (Lipinski definition) is 2. The predicted molar refractivity (Wildman–Crippen MR) is 119 cm³/mol. The lowest BCUT2D eigenvalue weighted by Gasteiger charge is -2.31. The lowest BCUT2D eigenvalue weighted by Crippen LogP contribution is -2.42. The van der Waals surface area contributed by atoms with E-state index in [0.717, 1.165) is 31.2 Å². The third kappa shape index (κ3) is 5.06. The van der Waals surface area contributed by atoms with Crippen molar-refractivity contribution in [2.75, 3.05) is 50.7 Å². The van der Waals surface area contributed by atoms with Gasteiger partial charge < -0.3 is 20.2 Å². The van der Waals surface area contributed by atoms with Crippen LogP contribution in [-0.4, -0.2) is 78.8 Å². The first-order valence-corrected chi connectivity index (χ1v) is 11.6. The number of rotatable bonds is 5. The third-order valence-electron chi connectivity index (χ3n) is 6.68. The van der Waals surface area contributed by atoms with E-state index in [0.29, 0.717) is 44.2 Å². The molecular formula is C23H36FN5O. The van der Waals surface area contributed by atoms with E-state index in [9.17, 15) is 9.50 Å². The maximum absolute atomic E-state index is 14.7. The number of halogens is 1. The maximum atomic E-state index is 14.7. The Hall–Kier alpha value is -1.86. The van der Waals surface area contributed by atoms with Crippen LogP contribution in [-0.2, 0) is 6.54 Å². The van der Waals surface area contributed by atoms with Crippen LogP contribution in [0.15, 0.2) is 23.2 Å². The molecule has 3 fully saturated rings. The Labute approximate surface area is 179 Å². The number of aliphatic imine (C=N–C) groups is 1. The second-order valence-electron chi connectivity index (χ2n) is 8.81. The van der Waals surface area contributed by atoms with Gasteiger partial charge in [-0.05, 0) is 69.8 Å². The first-order chi connectivity index (χ1) is 14.6. The summed E-state index contributed by atoms with van der Waals surface area (Å²) < 4.78 is 14.7. The highest BCUT2D eigenvalue weighted by atomic mass is 19.1. The van der Waals surface area contributed by atoms with Gasteiger partial charge in [0, 0.05) is 38.8 Å². The number of guanidine groups is 1. The minimum Gasteiger partial charge on any atom is -0.393 e. The molecule has 7 heteroatoms. The van der Waals surface area contributed by atoms with E-state index >= 15 is 0 Å². The SMILES string of the molecule is CCNC(=NCc1ccc(N2CCC(O)CC2)c(F)c1)N1CCC(N2CCCC2)C1. The van der Waals surface area contributed by atoms with Crippen molar-refractivity contribution in [1.29, 1.82) is 0 Å². The van der Waals surface area contributed by atoms with Crippen LogP contribution < -0.4 is 10.2 Å². The van der Waals surface area contributed by atoms with Crippen molar-refractivity contribution in [2.45, 2.75) is 57.7 Å². The van der Waals surface area contributed by atoms with E-state index in [4.69, 9.17) is 4.99 Å². The number of aliphatic hydroxyl groups excluding tert-OH is 1. The fourth-order valence-electron chi connectivity index (χ4n) is 4.94. The van der Waals surface area contributed by atoms with E-state index in [1.807, 2.05) is 17.0 Å². The highest BCUT2D eigenvalue weighted by Gasteiger charge is 2.30. The molecule has 30 heavy (non-hydrogen) atoms. The van der Waals surface area contributed by atoms with Crippen LogP contribution in [0.25, 0.3) is 0 Å². The zero-order chi connectivity index (χ0) is 20.9. The summed E-state index contributed by atoms with van der Waals surface area (Å²) in [5.41, 5.74) is 1.52. The normalized spacial score (nSPS) is 24.1. The minimum absolute atomic E-state index is 0.195. The Morgan fingerprint density at radius 2 is 1.90 bits per heavy atom. The first-order valence-electron chi connectivity index (χ1n) is 11.6. The molecule has 3 saturated heterocycles. The fraction of sp³-hybridized carbons (Fsp3) is 0.696. The molecule has 0 bridgehead atoms. The van der Waals surface area contributed by atoms with Crippen LogP contribution in [0.4, 0.5) is 10.1 Å². The van der Waals surface area contributed by atoms with Gasteiger partial charge in [-0.25, -0.2) is 9.38 Å². The lowest BCUT2D eigenvalue weighted by atomic mass is 10.1. The average molecular weight is 418 g/mol. The molecule has 0 spiro atoms. The van der Waals surface area contributed by atoms with Gasteiger partial charge in [0.2, 0.25) is 0 Å². The summed E-state index contributed by atoms with van der Waals surface area (Å²) in [6.07, 6.45) is 4.99. The summed E-state index contributed by atoms with van der Waals surface area (Å²) in [5, 5.41) is 13.1. The summed E-state index contributed by atoms with van der Waals surface area (Å²) in [5.74, 6) is 0.744. The van der Waals surface area contributed by atoms with Crippen molar-refractivity contribution in [1.82, 2.24) is 15.1 Å². The molecule has 0 radical (unpaired) electrons. The zero-order valence-electron chi connectivity index (χ0n) is 18.2. The van der Waals surface area contributed by atoms with Gasteiger partial charge in [0.1, 0.15) is 5.82 Å². The van der Waals surface area contributed by atoms with Gasteiger partial charge in [0.15, 0.2) is 5.96 Å².